The van der Waals surface area contributed by atoms with Gasteiger partial charge in [-0.2, -0.15) is 0 Å². The van der Waals surface area contributed by atoms with Crippen LogP contribution in [0.3, 0.4) is 0 Å². The van der Waals surface area contributed by atoms with Gasteiger partial charge in [0.15, 0.2) is 0 Å². The van der Waals surface area contributed by atoms with E-state index >= 15 is 0 Å². The van der Waals surface area contributed by atoms with Crippen molar-refractivity contribution in [2.75, 3.05) is 19.6 Å². The Morgan fingerprint density at radius 3 is 2.85 bits per heavy atom. The van der Waals surface area contributed by atoms with Crippen LogP contribution >= 0.6 is 0 Å². The SMILES string of the molecule is O=C1CCC(N2Cc3cccc(CNCC4CCCNC4)c3C2=O)C(=O)N1. The molecule has 2 fully saturated rings. The van der Waals surface area contributed by atoms with Crippen LogP contribution in [0.2, 0.25) is 0 Å². The van der Waals surface area contributed by atoms with Gasteiger partial charge in [0.2, 0.25) is 11.8 Å². The lowest BCUT2D eigenvalue weighted by Crippen LogP contribution is -2.52. The molecule has 0 bridgehead atoms. The fourth-order valence-corrected chi connectivity index (χ4v) is 4.35. The predicted octanol–water partition coefficient (Wildman–Crippen LogP) is 0.537. The van der Waals surface area contributed by atoms with Crippen LogP contribution < -0.4 is 16.0 Å². The Morgan fingerprint density at radius 1 is 1.19 bits per heavy atom. The van der Waals surface area contributed by atoms with E-state index in [-0.39, 0.29) is 24.1 Å². The number of hydrogen-bond donors (Lipinski definition) is 3. The third-order valence-corrected chi connectivity index (χ3v) is 5.79. The average Bonchev–Trinajstić information content (AvgIpc) is 3.00. The molecule has 3 heterocycles. The van der Waals surface area contributed by atoms with Gasteiger partial charge in [0.05, 0.1) is 0 Å². The maximum absolute atomic E-state index is 13.0. The van der Waals surface area contributed by atoms with E-state index in [9.17, 15) is 14.4 Å². The predicted molar refractivity (Wildman–Crippen MR) is 99.8 cm³/mol. The number of fused-ring (bicyclic) bond motifs is 1. The molecule has 144 valence electrons. The number of imide groups is 1. The molecule has 0 radical (unpaired) electrons. The van der Waals surface area contributed by atoms with Crippen molar-refractivity contribution in [2.24, 2.45) is 5.92 Å². The summed E-state index contributed by atoms with van der Waals surface area (Å²) >= 11 is 0. The first-order valence-corrected chi connectivity index (χ1v) is 9.80. The van der Waals surface area contributed by atoms with Crippen molar-refractivity contribution in [1.29, 1.82) is 0 Å². The van der Waals surface area contributed by atoms with Crippen LogP contribution in [0.4, 0.5) is 0 Å². The second-order valence-electron chi connectivity index (χ2n) is 7.69. The first kappa shape index (κ1) is 18.1. The van der Waals surface area contributed by atoms with E-state index in [1.54, 1.807) is 4.90 Å². The molecule has 7 nitrogen and oxygen atoms in total. The number of piperidine rings is 2. The minimum Gasteiger partial charge on any atom is -0.322 e. The van der Waals surface area contributed by atoms with Crippen LogP contribution in [-0.2, 0) is 22.7 Å². The third kappa shape index (κ3) is 3.75. The van der Waals surface area contributed by atoms with Crippen LogP contribution in [0, 0.1) is 5.92 Å². The van der Waals surface area contributed by atoms with Gasteiger partial charge in [-0.3, -0.25) is 19.7 Å². The van der Waals surface area contributed by atoms with Crippen molar-refractivity contribution in [1.82, 2.24) is 20.9 Å². The summed E-state index contributed by atoms with van der Waals surface area (Å²) in [6.07, 6.45) is 3.12. The fourth-order valence-electron chi connectivity index (χ4n) is 4.35. The number of benzene rings is 1. The van der Waals surface area contributed by atoms with Crippen LogP contribution in [0.5, 0.6) is 0 Å². The molecule has 0 aromatic heterocycles. The Kier molecular flexibility index (Phi) is 5.22. The second kappa shape index (κ2) is 7.78. The van der Waals surface area contributed by atoms with Crippen molar-refractivity contribution in [2.45, 2.75) is 44.8 Å². The Morgan fingerprint density at radius 2 is 2.07 bits per heavy atom. The summed E-state index contributed by atoms with van der Waals surface area (Å²) in [6.45, 7) is 4.16. The summed E-state index contributed by atoms with van der Waals surface area (Å²) in [7, 11) is 0. The minimum atomic E-state index is -0.559. The average molecular weight is 370 g/mol. The number of rotatable bonds is 5. The smallest absolute Gasteiger partial charge is 0.255 e. The topological polar surface area (TPSA) is 90.5 Å². The summed E-state index contributed by atoms with van der Waals surface area (Å²) < 4.78 is 0. The molecule has 3 aliphatic rings. The molecule has 0 spiro atoms. The largest absolute Gasteiger partial charge is 0.322 e. The number of carbonyl (C=O) groups excluding carboxylic acids is 3. The normalized spacial score (nSPS) is 25.5. The van der Waals surface area contributed by atoms with Gasteiger partial charge in [-0.15, -0.1) is 0 Å². The molecule has 7 heteroatoms. The number of hydrogen-bond acceptors (Lipinski definition) is 5. The van der Waals surface area contributed by atoms with Gasteiger partial charge >= 0.3 is 0 Å². The minimum absolute atomic E-state index is 0.101. The molecule has 3 amide bonds. The monoisotopic (exact) mass is 370 g/mol. The van der Waals surface area contributed by atoms with Gasteiger partial charge in [-0.1, -0.05) is 18.2 Å². The number of nitrogens with one attached hydrogen (secondary N) is 3. The van der Waals surface area contributed by atoms with E-state index in [0.29, 0.717) is 25.4 Å². The summed E-state index contributed by atoms with van der Waals surface area (Å²) in [5.41, 5.74) is 2.66. The summed E-state index contributed by atoms with van der Waals surface area (Å²) in [5.74, 6) is -0.0956. The van der Waals surface area contributed by atoms with E-state index in [1.807, 2.05) is 18.2 Å². The summed E-state index contributed by atoms with van der Waals surface area (Å²) in [5, 5.41) is 9.26. The van der Waals surface area contributed by atoms with Gasteiger partial charge in [0, 0.05) is 25.1 Å². The van der Waals surface area contributed by atoms with Crippen molar-refractivity contribution in [3.8, 4) is 0 Å². The molecule has 1 aromatic rings. The highest BCUT2D eigenvalue weighted by Gasteiger charge is 2.39. The maximum Gasteiger partial charge on any atom is 0.255 e. The van der Waals surface area contributed by atoms with Gasteiger partial charge in [0.25, 0.3) is 5.91 Å². The Hall–Kier alpha value is -2.25. The summed E-state index contributed by atoms with van der Waals surface area (Å²) in [6, 6.07) is 5.35. The van der Waals surface area contributed by atoms with Crippen molar-refractivity contribution in [3.63, 3.8) is 0 Å². The van der Waals surface area contributed by atoms with Crippen LogP contribution in [0.15, 0.2) is 18.2 Å². The lowest BCUT2D eigenvalue weighted by Gasteiger charge is -2.29. The molecule has 27 heavy (non-hydrogen) atoms. The number of carbonyl (C=O) groups is 3. The Bertz CT molecular complexity index is 758. The van der Waals surface area contributed by atoms with Gasteiger partial charge in [-0.05, 0) is 55.9 Å². The van der Waals surface area contributed by atoms with Crippen LogP contribution in [-0.4, -0.2) is 48.3 Å². The lowest BCUT2D eigenvalue weighted by molar-refractivity contribution is -0.136. The maximum atomic E-state index is 13.0. The van der Waals surface area contributed by atoms with E-state index in [1.165, 1.54) is 12.8 Å². The molecule has 2 atom stereocenters. The zero-order valence-electron chi connectivity index (χ0n) is 15.4. The van der Waals surface area contributed by atoms with Gasteiger partial charge in [0.1, 0.15) is 6.04 Å². The highest BCUT2D eigenvalue weighted by molar-refractivity contribution is 6.05. The molecule has 3 aliphatic heterocycles. The third-order valence-electron chi connectivity index (χ3n) is 5.79. The highest BCUT2D eigenvalue weighted by atomic mass is 16.2. The first-order valence-electron chi connectivity index (χ1n) is 9.80. The van der Waals surface area contributed by atoms with E-state index in [4.69, 9.17) is 0 Å². The quantitative estimate of drug-likeness (QED) is 0.658. The highest BCUT2D eigenvalue weighted by Crippen LogP contribution is 2.29. The lowest BCUT2D eigenvalue weighted by atomic mass is 9.99. The van der Waals surface area contributed by atoms with Crippen molar-refractivity contribution >= 4 is 17.7 Å². The van der Waals surface area contributed by atoms with E-state index in [0.717, 1.165) is 36.3 Å². The second-order valence-corrected chi connectivity index (χ2v) is 7.69. The van der Waals surface area contributed by atoms with Gasteiger partial charge in [-0.25, -0.2) is 0 Å². The van der Waals surface area contributed by atoms with Crippen LogP contribution in [0.1, 0.15) is 47.2 Å². The standard InChI is InChI=1S/C20H26N4O3/c25-17-7-6-16(19(26)23-17)24-12-15-5-1-4-14(18(15)20(24)27)11-22-10-13-3-2-8-21-9-13/h1,4-5,13,16,21-22H,2-3,6-12H2,(H,23,25,26). The Balaban J connectivity index is 1.43. The molecule has 0 saturated carbocycles. The number of amides is 3. The number of nitrogens with zero attached hydrogens (tertiary/aromatic N) is 1. The fraction of sp³-hybridized carbons (Fsp3) is 0.550. The zero-order valence-corrected chi connectivity index (χ0v) is 15.4. The van der Waals surface area contributed by atoms with Crippen molar-refractivity contribution in [3.05, 3.63) is 34.9 Å². The summed E-state index contributed by atoms with van der Waals surface area (Å²) in [4.78, 5) is 38.2. The zero-order chi connectivity index (χ0) is 18.8. The van der Waals surface area contributed by atoms with E-state index < -0.39 is 6.04 Å². The molecule has 0 aliphatic carbocycles. The molecule has 2 saturated heterocycles. The first-order chi connectivity index (χ1) is 13.1. The Labute approximate surface area is 158 Å². The molecule has 4 rings (SSSR count). The van der Waals surface area contributed by atoms with Crippen LogP contribution in [0.25, 0.3) is 0 Å². The molecule has 3 N–H and O–H groups in total. The molecule has 1 aromatic carbocycles. The molecular formula is C20H26N4O3. The molecular weight excluding hydrogens is 344 g/mol. The van der Waals surface area contributed by atoms with E-state index in [2.05, 4.69) is 16.0 Å². The van der Waals surface area contributed by atoms with Crippen molar-refractivity contribution < 1.29 is 14.4 Å². The van der Waals surface area contributed by atoms with Gasteiger partial charge < -0.3 is 15.5 Å². The molecule has 2 unspecified atom stereocenters.